The lowest BCUT2D eigenvalue weighted by molar-refractivity contribution is 0.708. The van der Waals surface area contributed by atoms with Gasteiger partial charge in [0.25, 0.3) is 0 Å². The second kappa shape index (κ2) is 5.29. The van der Waals surface area contributed by atoms with Crippen LogP contribution in [0.3, 0.4) is 0 Å². The van der Waals surface area contributed by atoms with Crippen molar-refractivity contribution in [3.8, 4) is 0 Å². The Balaban J connectivity index is 1.77. The van der Waals surface area contributed by atoms with Gasteiger partial charge in [-0.05, 0) is 24.3 Å². The van der Waals surface area contributed by atoms with Gasteiger partial charge in [0.1, 0.15) is 11.0 Å². The highest BCUT2D eigenvalue weighted by Gasteiger charge is 2.28. The van der Waals surface area contributed by atoms with E-state index in [1.54, 1.807) is 0 Å². The van der Waals surface area contributed by atoms with Gasteiger partial charge in [-0.25, -0.2) is 4.98 Å². The predicted octanol–water partition coefficient (Wildman–Crippen LogP) is 3.96. The molecule has 0 aliphatic carbocycles. The van der Waals surface area contributed by atoms with Crippen LogP contribution in [0.15, 0.2) is 42.7 Å². The number of fused-ring (bicyclic) bond motifs is 1. The lowest BCUT2D eigenvalue weighted by Gasteiger charge is -2.25. The van der Waals surface area contributed by atoms with E-state index in [2.05, 4.69) is 33.3 Å². The summed E-state index contributed by atoms with van der Waals surface area (Å²) in [6.07, 6.45) is 6.32. The summed E-state index contributed by atoms with van der Waals surface area (Å²) in [7, 11) is 1.95. The van der Waals surface area contributed by atoms with Crippen LogP contribution >= 0.6 is 11.6 Å². The van der Waals surface area contributed by atoms with Crippen molar-refractivity contribution < 1.29 is 0 Å². The van der Waals surface area contributed by atoms with Crippen molar-refractivity contribution >= 4 is 28.2 Å². The molecule has 1 unspecified atom stereocenters. The number of hydrogen-bond acceptors (Lipinski definition) is 3. The number of nitrogens with zero attached hydrogens (tertiary/aromatic N) is 4. The largest absolute Gasteiger partial charge is 0.349 e. The Labute approximate surface area is 134 Å². The molecule has 22 heavy (non-hydrogen) atoms. The highest BCUT2D eigenvalue weighted by atomic mass is 35.5. The number of hydrogen-bond donors (Lipinski definition) is 0. The van der Waals surface area contributed by atoms with Gasteiger partial charge in [-0.15, -0.1) is 0 Å². The third kappa shape index (κ3) is 2.24. The summed E-state index contributed by atoms with van der Waals surface area (Å²) in [4.78, 5) is 6.97. The molecular formula is C17H17ClN4. The van der Waals surface area contributed by atoms with E-state index in [1.165, 1.54) is 5.56 Å². The Morgan fingerprint density at radius 2 is 2.14 bits per heavy atom. The highest BCUT2D eigenvalue weighted by molar-refractivity contribution is 6.34. The molecule has 0 saturated carbocycles. The monoisotopic (exact) mass is 312 g/mol. The van der Waals surface area contributed by atoms with Crippen LogP contribution in [-0.2, 0) is 7.05 Å². The summed E-state index contributed by atoms with van der Waals surface area (Å²) < 4.78 is 1.85. The second-order valence-electron chi connectivity index (χ2n) is 5.79. The van der Waals surface area contributed by atoms with Crippen LogP contribution in [0.2, 0.25) is 5.15 Å². The fraction of sp³-hybridized carbons (Fsp3) is 0.294. The Bertz CT molecular complexity index is 826. The molecule has 0 radical (unpaired) electrons. The number of rotatable bonds is 2. The fourth-order valence-electron chi connectivity index (χ4n) is 3.29. The SMILES string of the molecule is Cn1cc(C2CCCN2c2cc3ccccc3c(Cl)n2)cn1. The van der Waals surface area contributed by atoms with Gasteiger partial charge in [0, 0.05) is 30.7 Å². The number of pyridine rings is 1. The Kier molecular flexibility index (Phi) is 3.26. The van der Waals surface area contributed by atoms with Crippen LogP contribution in [0, 0.1) is 0 Å². The van der Waals surface area contributed by atoms with Crippen molar-refractivity contribution in [3.63, 3.8) is 0 Å². The van der Waals surface area contributed by atoms with E-state index in [4.69, 9.17) is 11.6 Å². The van der Waals surface area contributed by atoms with E-state index in [0.29, 0.717) is 11.2 Å². The first-order valence-corrected chi connectivity index (χ1v) is 7.90. The number of anilines is 1. The molecule has 5 heteroatoms. The first kappa shape index (κ1) is 13.6. The van der Waals surface area contributed by atoms with Gasteiger partial charge in [0.05, 0.1) is 12.2 Å². The smallest absolute Gasteiger partial charge is 0.139 e. The molecule has 1 aliphatic heterocycles. The van der Waals surface area contributed by atoms with Crippen molar-refractivity contribution in [2.24, 2.45) is 7.05 Å². The van der Waals surface area contributed by atoms with Gasteiger partial charge in [-0.2, -0.15) is 5.10 Å². The number of aryl methyl sites for hydroxylation is 1. The molecule has 1 aromatic carbocycles. The van der Waals surface area contributed by atoms with E-state index in [9.17, 15) is 0 Å². The summed E-state index contributed by atoms with van der Waals surface area (Å²) in [5.41, 5.74) is 1.24. The quantitative estimate of drug-likeness (QED) is 0.672. The molecule has 0 spiro atoms. The maximum atomic E-state index is 6.38. The molecule has 112 valence electrons. The average molecular weight is 313 g/mol. The first-order valence-electron chi connectivity index (χ1n) is 7.53. The van der Waals surface area contributed by atoms with Crippen molar-refractivity contribution in [3.05, 3.63) is 53.4 Å². The van der Waals surface area contributed by atoms with Gasteiger partial charge < -0.3 is 4.90 Å². The van der Waals surface area contributed by atoms with E-state index in [1.807, 2.05) is 36.1 Å². The maximum Gasteiger partial charge on any atom is 0.139 e. The highest BCUT2D eigenvalue weighted by Crippen LogP contribution is 2.37. The van der Waals surface area contributed by atoms with E-state index < -0.39 is 0 Å². The molecule has 0 N–H and O–H groups in total. The Morgan fingerprint density at radius 3 is 2.95 bits per heavy atom. The molecule has 1 saturated heterocycles. The van der Waals surface area contributed by atoms with Crippen molar-refractivity contribution in [1.29, 1.82) is 0 Å². The minimum absolute atomic E-state index is 0.332. The zero-order valence-electron chi connectivity index (χ0n) is 12.4. The van der Waals surface area contributed by atoms with Crippen LogP contribution < -0.4 is 4.90 Å². The summed E-state index contributed by atoms with van der Waals surface area (Å²) in [6.45, 7) is 1.00. The number of benzene rings is 1. The molecule has 1 fully saturated rings. The normalized spacial score (nSPS) is 18.3. The molecule has 1 atom stereocenters. The Hall–Kier alpha value is -2.07. The third-order valence-corrected chi connectivity index (χ3v) is 4.63. The minimum Gasteiger partial charge on any atom is -0.349 e. The maximum absolute atomic E-state index is 6.38. The standard InChI is InChI=1S/C17H17ClN4/c1-21-11-13(10-19-21)15-7-4-8-22(15)16-9-12-5-2-3-6-14(12)17(18)20-16/h2-3,5-6,9-11,15H,4,7-8H2,1H3. The van der Waals surface area contributed by atoms with Crippen LogP contribution in [-0.4, -0.2) is 21.3 Å². The molecule has 4 rings (SSSR count). The summed E-state index contributed by atoms with van der Waals surface area (Å²) >= 11 is 6.38. The third-order valence-electron chi connectivity index (χ3n) is 4.34. The van der Waals surface area contributed by atoms with E-state index >= 15 is 0 Å². The number of halogens is 1. The van der Waals surface area contributed by atoms with Crippen molar-refractivity contribution in [2.45, 2.75) is 18.9 Å². The lowest BCUT2D eigenvalue weighted by atomic mass is 10.1. The Morgan fingerprint density at radius 1 is 1.27 bits per heavy atom. The first-order chi connectivity index (χ1) is 10.7. The van der Waals surface area contributed by atoms with Crippen LogP contribution in [0.4, 0.5) is 5.82 Å². The van der Waals surface area contributed by atoms with Crippen LogP contribution in [0.1, 0.15) is 24.4 Å². The summed E-state index contributed by atoms with van der Waals surface area (Å²) in [6, 6.07) is 10.6. The molecule has 3 heterocycles. The molecule has 0 bridgehead atoms. The van der Waals surface area contributed by atoms with Crippen molar-refractivity contribution in [2.75, 3.05) is 11.4 Å². The molecule has 4 nitrogen and oxygen atoms in total. The topological polar surface area (TPSA) is 34.0 Å². The second-order valence-corrected chi connectivity index (χ2v) is 6.15. The molecule has 3 aromatic rings. The minimum atomic E-state index is 0.332. The zero-order chi connectivity index (χ0) is 15.1. The molecule has 0 amide bonds. The summed E-state index contributed by atoms with van der Waals surface area (Å²) in [5.74, 6) is 0.954. The van der Waals surface area contributed by atoms with Crippen molar-refractivity contribution in [1.82, 2.24) is 14.8 Å². The van der Waals surface area contributed by atoms with Gasteiger partial charge in [-0.1, -0.05) is 35.9 Å². The van der Waals surface area contributed by atoms with Gasteiger partial charge in [0.2, 0.25) is 0 Å². The van der Waals surface area contributed by atoms with Crippen LogP contribution in [0.5, 0.6) is 0 Å². The van der Waals surface area contributed by atoms with E-state index in [-0.39, 0.29) is 0 Å². The van der Waals surface area contributed by atoms with Gasteiger partial charge in [0.15, 0.2) is 0 Å². The van der Waals surface area contributed by atoms with Gasteiger partial charge in [-0.3, -0.25) is 4.68 Å². The number of aromatic nitrogens is 3. The summed E-state index contributed by atoms with van der Waals surface area (Å²) in [5, 5.41) is 7.01. The molecular weight excluding hydrogens is 296 g/mol. The lowest BCUT2D eigenvalue weighted by Crippen LogP contribution is -2.23. The predicted molar refractivity (Wildman–Crippen MR) is 89.3 cm³/mol. The van der Waals surface area contributed by atoms with Crippen LogP contribution in [0.25, 0.3) is 10.8 Å². The molecule has 1 aliphatic rings. The fourth-order valence-corrected chi connectivity index (χ4v) is 3.55. The van der Waals surface area contributed by atoms with Gasteiger partial charge >= 0.3 is 0 Å². The average Bonchev–Trinajstić information content (AvgIpc) is 3.15. The van der Waals surface area contributed by atoms with E-state index in [0.717, 1.165) is 36.0 Å². The zero-order valence-corrected chi connectivity index (χ0v) is 13.2. The molecule has 2 aromatic heterocycles.